The van der Waals surface area contributed by atoms with E-state index in [-0.39, 0.29) is 17.1 Å². The van der Waals surface area contributed by atoms with E-state index in [1.165, 1.54) is 18.2 Å². The van der Waals surface area contributed by atoms with Gasteiger partial charge in [-0.3, -0.25) is 4.79 Å². The summed E-state index contributed by atoms with van der Waals surface area (Å²) < 4.78 is 13.6. The lowest BCUT2D eigenvalue weighted by Crippen LogP contribution is -2.40. The highest BCUT2D eigenvalue weighted by atomic mass is 35.5. The van der Waals surface area contributed by atoms with Crippen molar-refractivity contribution < 1.29 is 14.3 Å². The number of aliphatic hydroxyl groups is 1. The van der Waals surface area contributed by atoms with Gasteiger partial charge in [-0.2, -0.15) is 0 Å². The number of carbonyl (C=O) groups is 1. The van der Waals surface area contributed by atoms with Crippen molar-refractivity contribution in [2.75, 3.05) is 6.54 Å². The van der Waals surface area contributed by atoms with Crippen LogP contribution < -0.4 is 5.32 Å². The number of hydrogen-bond donors (Lipinski definition) is 2. The van der Waals surface area contributed by atoms with Gasteiger partial charge in [-0.1, -0.05) is 31.0 Å². The second-order valence-electron chi connectivity index (χ2n) is 4.53. The van der Waals surface area contributed by atoms with Crippen molar-refractivity contribution in [3.8, 4) is 0 Å². The van der Waals surface area contributed by atoms with Gasteiger partial charge in [-0.25, -0.2) is 4.39 Å². The van der Waals surface area contributed by atoms with Crippen LogP contribution in [-0.2, 0) is 0 Å². The average molecular weight is 274 g/mol. The first-order valence-electron chi connectivity index (χ1n) is 5.82. The van der Waals surface area contributed by atoms with Crippen molar-refractivity contribution in [2.45, 2.75) is 32.3 Å². The number of carbonyl (C=O) groups excluding carboxylic acids is 1. The summed E-state index contributed by atoms with van der Waals surface area (Å²) in [5.41, 5.74) is -1.10. The van der Waals surface area contributed by atoms with Crippen LogP contribution in [0.2, 0.25) is 5.02 Å². The Morgan fingerprint density at radius 3 is 2.83 bits per heavy atom. The number of halogens is 2. The van der Waals surface area contributed by atoms with Crippen molar-refractivity contribution in [2.24, 2.45) is 0 Å². The summed E-state index contributed by atoms with van der Waals surface area (Å²) in [5, 5.41) is 12.3. The van der Waals surface area contributed by atoms with Crippen LogP contribution in [0.25, 0.3) is 0 Å². The Hall–Kier alpha value is -1.13. The van der Waals surface area contributed by atoms with Gasteiger partial charge in [-0.05, 0) is 25.5 Å². The molecule has 0 aliphatic rings. The molecule has 0 heterocycles. The molecule has 18 heavy (non-hydrogen) atoms. The van der Waals surface area contributed by atoms with Crippen LogP contribution in [0.1, 0.15) is 37.0 Å². The second kappa shape index (κ2) is 6.16. The molecule has 0 aliphatic carbocycles. The highest BCUT2D eigenvalue weighted by Gasteiger charge is 2.21. The summed E-state index contributed by atoms with van der Waals surface area (Å²) >= 11 is 5.59. The van der Waals surface area contributed by atoms with E-state index >= 15 is 0 Å². The maximum Gasteiger partial charge on any atom is 0.254 e. The summed E-state index contributed by atoms with van der Waals surface area (Å²) in [7, 11) is 0. The van der Waals surface area contributed by atoms with Crippen LogP contribution >= 0.6 is 11.6 Å². The molecule has 1 unspecified atom stereocenters. The molecule has 0 saturated heterocycles. The maximum atomic E-state index is 13.6. The van der Waals surface area contributed by atoms with E-state index in [2.05, 4.69) is 5.32 Å². The minimum absolute atomic E-state index is 0.0750. The molecule has 1 aromatic carbocycles. The van der Waals surface area contributed by atoms with Crippen molar-refractivity contribution in [1.29, 1.82) is 0 Å². The summed E-state index contributed by atoms with van der Waals surface area (Å²) in [4.78, 5) is 11.7. The highest BCUT2D eigenvalue weighted by molar-refractivity contribution is 6.31. The van der Waals surface area contributed by atoms with E-state index in [1.807, 2.05) is 6.92 Å². The first-order chi connectivity index (χ1) is 8.37. The zero-order chi connectivity index (χ0) is 13.8. The lowest BCUT2D eigenvalue weighted by Gasteiger charge is -2.23. The van der Waals surface area contributed by atoms with E-state index in [1.54, 1.807) is 6.92 Å². The fraction of sp³-hybridized carbons (Fsp3) is 0.462. The molecule has 0 bridgehead atoms. The average Bonchev–Trinajstić information content (AvgIpc) is 2.30. The second-order valence-corrected chi connectivity index (χ2v) is 4.94. The van der Waals surface area contributed by atoms with Gasteiger partial charge in [-0.15, -0.1) is 0 Å². The minimum Gasteiger partial charge on any atom is -0.388 e. The van der Waals surface area contributed by atoms with Gasteiger partial charge in [0, 0.05) is 6.54 Å². The molecule has 0 fully saturated rings. The third-order valence-corrected chi connectivity index (χ3v) is 2.91. The van der Waals surface area contributed by atoms with E-state index in [0.717, 1.165) is 6.42 Å². The lowest BCUT2D eigenvalue weighted by molar-refractivity contribution is 0.0468. The first kappa shape index (κ1) is 14.9. The molecule has 2 N–H and O–H groups in total. The molecule has 100 valence electrons. The van der Waals surface area contributed by atoms with Crippen LogP contribution in [0.4, 0.5) is 4.39 Å². The molecule has 0 aliphatic heterocycles. The molecule has 1 aromatic rings. The van der Waals surface area contributed by atoms with Crippen LogP contribution in [-0.4, -0.2) is 23.2 Å². The van der Waals surface area contributed by atoms with Crippen LogP contribution in [0.15, 0.2) is 18.2 Å². The van der Waals surface area contributed by atoms with Gasteiger partial charge in [0.05, 0.1) is 16.2 Å². The van der Waals surface area contributed by atoms with E-state index in [4.69, 9.17) is 11.6 Å². The smallest absolute Gasteiger partial charge is 0.254 e. The van der Waals surface area contributed by atoms with Crippen LogP contribution in [0.5, 0.6) is 0 Å². The van der Waals surface area contributed by atoms with E-state index in [0.29, 0.717) is 6.42 Å². The monoisotopic (exact) mass is 273 g/mol. The number of benzene rings is 1. The van der Waals surface area contributed by atoms with Gasteiger partial charge < -0.3 is 10.4 Å². The van der Waals surface area contributed by atoms with Gasteiger partial charge in [0.15, 0.2) is 5.82 Å². The largest absolute Gasteiger partial charge is 0.388 e. The summed E-state index contributed by atoms with van der Waals surface area (Å²) in [6.07, 6.45) is 1.36. The quantitative estimate of drug-likeness (QED) is 0.867. The predicted octanol–water partition coefficient (Wildman–Crippen LogP) is 2.76. The molecule has 5 heteroatoms. The van der Waals surface area contributed by atoms with E-state index < -0.39 is 17.3 Å². The molecule has 1 atom stereocenters. The van der Waals surface area contributed by atoms with Crippen molar-refractivity contribution in [3.63, 3.8) is 0 Å². The van der Waals surface area contributed by atoms with Crippen LogP contribution in [0.3, 0.4) is 0 Å². The van der Waals surface area contributed by atoms with Gasteiger partial charge >= 0.3 is 0 Å². The number of rotatable bonds is 5. The molecule has 0 radical (unpaired) electrons. The molecule has 1 amide bonds. The van der Waals surface area contributed by atoms with Crippen LogP contribution in [0, 0.1) is 5.82 Å². The molecule has 3 nitrogen and oxygen atoms in total. The SMILES string of the molecule is CCCC(C)(O)CNC(=O)c1cccc(Cl)c1F. The standard InChI is InChI=1S/C13H17ClFNO2/c1-3-7-13(2,18)8-16-12(17)9-5-4-6-10(14)11(9)15/h4-6,18H,3,7-8H2,1-2H3,(H,16,17). The lowest BCUT2D eigenvalue weighted by atomic mass is 10.0. The Morgan fingerprint density at radius 1 is 1.56 bits per heavy atom. The third kappa shape index (κ3) is 3.96. The molecule has 0 aromatic heterocycles. The molecular formula is C13H17ClFNO2. The van der Waals surface area contributed by atoms with Gasteiger partial charge in [0.2, 0.25) is 0 Å². The Balaban J connectivity index is 2.69. The maximum absolute atomic E-state index is 13.6. The van der Waals surface area contributed by atoms with Gasteiger partial charge in [0.25, 0.3) is 5.91 Å². The number of hydrogen-bond acceptors (Lipinski definition) is 2. The number of amides is 1. The fourth-order valence-electron chi connectivity index (χ4n) is 1.67. The Labute approximate surface area is 111 Å². The predicted molar refractivity (Wildman–Crippen MR) is 69.3 cm³/mol. The zero-order valence-electron chi connectivity index (χ0n) is 10.5. The third-order valence-electron chi connectivity index (χ3n) is 2.61. The highest BCUT2D eigenvalue weighted by Crippen LogP contribution is 2.18. The van der Waals surface area contributed by atoms with E-state index in [9.17, 15) is 14.3 Å². The zero-order valence-corrected chi connectivity index (χ0v) is 11.2. The van der Waals surface area contributed by atoms with Gasteiger partial charge in [0.1, 0.15) is 0 Å². The van der Waals surface area contributed by atoms with Crippen molar-refractivity contribution >= 4 is 17.5 Å². The fourth-order valence-corrected chi connectivity index (χ4v) is 1.85. The first-order valence-corrected chi connectivity index (χ1v) is 6.20. The van der Waals surface area contributed by atoms with Crippen molar-refractivity contribution in [1.82, 2.24) is 5.32 Å². The summed E-state index contributed by atoms with van der Waals surface area (Å²) in [5.74, 6) is -1.32. The molecule has 0 saturated carbocycles. The van der Waals surface area contributed by atoms with Crippen molar-refractivity contribution in [3.05, 3.63) is 34.6 Å². The normalized spacial score (nSPS) is 14.1. The number of nitrogens with one attached hydrogen (secondary N) is 1. The molecular weight excluding hydrogens is 257 g/mol. The summed E-state index contributed by atoms with van der Waals surface area (Å²) in [6.45, 7) is 3.64. The summed E-state index contributed by atoms with van der Waals surface area (Å²) in [6, 6.07) is 4.23. The minimum atomic E-state index is -0.987. The molecule has 0 spiro atoms. The Morgan fingerprint density at radius 2 is 2.22 bits per heavy atom. The molecule has 1 rings (SSSR count). The Kier molecular flexibility index (Phi) is 5.11. The Bertz CT molecular complexity index is 435. The topological polar surface area (TPSA) is 49.3 Å².